The average molecular weight is 229 g/mol. The third-order valence-electron chi connectivity index (χ3n) is 4.53. The van der Waals surface area contributed by atoms with Crippen molar-refractivity contribution in [3.8, 4) is 0 Å². The van der Waals surface area contributed by atoms with Gasteiger partial charge in [0.05, 0.1) is 6.33 Å². The lowest BCUT2D eigenvalue weighted by molar-refractivity contribution is 0.399. The molecule has 3 N–H and O–H groups in total. The summed E-state index contributed by atoms with van der Waals surface area (Å²) < 4.78 is 0. The van der Waals surface area contributed by atoms with Crippen LogP contribution in [0.5, 0.6) is 0 Å². The monoisotopic (exact) mass is 229 g/mol. The molecule has 17 heavy (non-hydrogen) atoms. The quantitative estimate of drug-likeness (QED) is 0.780. The number of nitrogens with one attached hydrogen (secondary N) is 1. The lowest BCUT2D eigenvalue weighted by Gasteiger charge is -2.24. The molecule has 88 valence electrons. The van der Waals surface area contributed by atoms with Gasteiger partial charge in [0.15, 0.2) is 11.5 Å². The number of nitrogens with two attached hydrogens (primary N) is 1. The van der Waals surface area contributed by atoms with E-state index in [1.54, 1.807) is 6.33 Å². The van der Waals surface area contributed by atoms with Gasteiger partial charge in [-0.1, -0.05) is 0 Å². The van der Waals surface area contributed by atoms with Crippen molar-refractivity contribution in [2.45, 2.75) is 37.5 Å². The lowest BCUT2D eigenvalue weighted by Crippen LogP contribution is -2.23. The van der Waals surface area contributed by atoms with E-state index in [9.17, 15) is 0 Å². The van der Waals surface area contributed by atoms with Gasteiger partial charge >= 0.3 is 0 Å². The first kappa shape index (κ1) is 9.39. The van der Waals surface area contributed by atoms with Crippen LogP contribution in [-0.4, -0.2) is 19.9 Å². The number of hydrogen-bond acceptors (Lipinski definition) is 4. The zero-order valence-electron chi connectivity index (χ0n) is 9.61. The number of anilines is 1. The molecule has 5 heteroatoms. The largest absolute Gasteiger partial charge is 0.382 e. The molecule has 2 bridgehead atoms. The molecule has 2 aromatic rings. The summed E-state index contributed by atoms with van der Waals surface area (Å²) in [5.41, 5.74) is 7.64. The highest BCUT2D eigenvalue weighted by Crippen LogP contribution is 2.54. The average Bonchev–Trinajstić information content (AvgIpc) is 3.04. The van der Waals surface area contributed by atoms with Gasteiger partial charge in [-0.15, -0.1) is 0 Å². The van der Waals surface area contributed by atoms with E-state index >= 15 is 0 Å². The molecule has 2 fully saturated rings. The Morgan fingerprint density at radius 1 is 1.29 bits per heavy atom. The Morgan fingerprint density at radius 3 is 2.82 bits per heavy atom. The molecule has 0 unspecified atom stereocenters. The molecule has 0 spiro atoms. The minimum absolute atomic E-state index is 0.200. The van der Waals surface area contributed by atoms with E-state index < -0.39 is 0 Å². The summed E-state index contributed by atoms with van der Waals surface area (Å²) >= 11 is 0. The van der Waals surface area contributed by atoms with Gasteiger partial charge in [0.2, 0.25) is 0 Å². The van der Waals surface area contributed by atoms with Crippen LogP contribution < -0.4 is 5.73 Å². The predicted octanol–water partition coefficient (Wildman–Crippen LogP) is 1.77. The summed E-state index contributed by atoms with van der Waals surface area (Å²) in [5, 5.41) is 0. The fourth-order valence-corrected chi connectivity index (χ4v) is 3.60. The van der Waals surface area contributed by atoms with Gasteiger partial charge < -0.3 is 10.7 Å². The number of nitrogens with zero attached hydrogens (tertiary/aromatic N) is 3. The van der Waals surface area contributed by atoms with Crippen molar-refractivity contribution < 1.29 is 0 Å². The Bertz CT molecular complexity index is 580. The molecule has 4 rings (SSSR count). The number of rotatable bonds is 1. The van der Waals surface area contributed by atoms with Crippen LogP contribution in [0.4, 0.5) is 5.82 Å². The number of aromatic amines is 1. The Labute approximate surface area is 98.9 Å². The summed E-state index contributed by atoms with van der Waals surface area (Å²) in [4.78, 5) is 16.3. The standard InChI is InChI=1S/C12H15N5/c13-9-8-10(15-6-14-8)17-11(16-9)12-3-1-7(5-12)2-4-12/h6-7H,1-5H2,(H3,13,14,15,16,17). The van der Waals surface area contributed by atoms with E-state index in [0.717, 1.165) is 17.3 Å². The summed E-state index contributed by atoms with van der Waals surface area (Å²) in [6, 6.07) is 0. The molecule has 2 heterocycles. The van der Waals surface area contributed by atoms with E-state index in [1.165, 1.54) is 32.1 Å². The SMILES string of the molecule is Nc1nc(C23CCC(CC2)C3)nc2nc[nH]c12. The van der Waals surface area contributed by atoms with E-state index in [0.29, 0.717) is 11.5 Å². The van der Waals surface area contributed by atoms with Crippen LogP contribution in [0.3, 0.4) is 0 Å². The van der Waals surface area contributed by atoms with Gasteiger partial charge in [0.1, 0.15) is 11.3 Å². The minimum Gasteiger partial charge on any atom is -0.382 e. The highest BCUT2D eigenvalue weighted by molar-refractivity contribution is 5.80. The predicted molar refractivity (Wildman–Crippen MR) is 64.3 cm³/mol. The number of imidazole rings is 1. The van der Waals surface area contributed by atoms with Crippen molar-refractivity contribution in [2.24, 2.45) is 5.92 Å². The molecule has 0 amide bonds. The number of aromatic nitrogens is 4. The fourth-order valence-electron chi connectivity index (χ4n) is 3.60. The highest BCUT2D eigenvalue weighted by Gasteiger charge is 2.48. The second-order valence-electron chi connectivity index (χ2n) is 5.46. The smallest absolute Gasteiger partial charge is 0.183 e. The van der Waals surface area contributed by atoms with E-state index in [2.05, 4.69) is 19.9 Å². The van der Waals surface area contributed by atoms with Crippen LogP contribution in [0.1, 0.15) is 37.9 Å². The molecule has 2 aliphatic rings. The zero-order valence-corrected chi connectivity index (χ0v) is 9.61. The molecular formula is C12H15N5. The van der Waals surface area contributed by atoms with Gasteiger partial charge in [-0.05, 0) is 38.0 Å². The van der Waals surface area contributed by atoms with Crippen LogP contribution in [0, 0.1) is 5.92 Å². The van der Waals surface area contributed by atoms with Crippen LogP contribution in [0.2, 0.25) is 0 Å². The normalized spacial score (nSPS) is 31.4. The van der Waals surface area contributed by atoms with Gasteiger partial charge in [-0.2, -0.15) is 0 Å². The maximum Gasteiger partial charge on any atom is 0.183 e. The van der Waals surface area contributed by atoms with Gasteiger partial charge in [0, 0.05) is 5.41 Å². The van der Waals surface area contributed by atoms with E-state index in [4.69, 9.17) is 5.73 Å². The van der Waals surface area contributed by atoms with Crippen LogP contribution >= 0.6 is 0 Å². The zero-order chi connectivity index (χ0) is 11.5. The molecule has 5 nitrogen and oxygen atoms in total. The number of hydrogen-bond donors (Lipinski definition) is 2. The second kappa shape index (κ2) is 2.97. The summed E-state index contributed by atoms with van der Waals surface area (Å²) in [6.07, 6.45) is 7.94. The van der Waals surface area contributed by atoms with Crippen molar-refractivity contribution >= 4 is 17.0 Å². The van der Waals surface area contributed by atoms with Gasteiger partial charge in [-0.3, -0.25) is 0 Å². The fraction of sp³-hybridized carbons (Fsp3) is 0.583. The lowest BCUT2D eigenvalue weighted by atomic mass is 9.83. The highest BCUT2D eigenvalue weighted by atomic mass is 15.1. The first-order chi connectivity index (χ1) is 8.27. The minimum atomic E-state index is 0.200. The molecule has 0 aliphatic heterocycles. The van der Waals surface area contributed by atoms with Crippen molar-refractivity contribution in [1.82, 2.24) is 19.9 Å². The third-order valence-corrected chi connectivity index (χ3v) is 4.53. The molecular weight excluding hydrogens is 214 g/mol. The molecule has 0 atom stereocenters. The molecule has 0 radical (unpaired) electrons. The summed E-state index contributed by atoms with van der Waals surface area (Å²) in [6.45, 7) is 0. The van der Waals surface area contributed by atoms with Crippen LogP contribution in [-0.2, 0) is 5.41 Å². The topological polar surface area (TPSA) is 80.5 Å². The van der Waals surface area contributed by atoms with Crippen molar-refractivity contribution in [3.05, 3.63) is 12.2 Å². The van der Waals surface area contributed by atoms with Gasteiger partial charge in [-0.25, -0.2) is 15.0 Å². The molecule has 0 saturated heterocycles. The Morgan fingerprint density at radius 2 is 2.12 bits per heavy atom. The first-order valence-corrected chi connectivity index (χ1v) is 6.24. The van der Waals surface area contributed by atoms with Crippen LogP contribution in [0.25, 0.3) is 11.2 Å². The summed E-state index contributed by atoms with van der Waals surface area (Å²) in [7, 11) is 0. The maximum atomic E-state index is 5.97. The van der Waals surface area contributed by atoms with Gasteiger partial charge in [0.25, 0.3) is 0 Å². The summed E-state index contributed by atoms with van der Waals surface area (Å²) in [5.74, 6) is 2.34. The van der Waals surface area contributed by atoms with Crippen molar-refractivity contribution in [3.63, 3.8) is 0 Å². The molecule has 2 saturated carbocycles. The van der Waals surface area contributed by atoms with Crippen molar-refractivity contribution in [2.75, 3.05) is 5.73 Å². The number of nitrogen functional groups attached to an aromatic ring is 1. The van der Waals surface area contributed by atoms with Crippen LogP contribution in [0.15, 0.2) is 6.33 Å². The molecule has 2 aromatic heterocycles. The maximum absolute atomic E-state index is 5.97. The van der Waals surface area contributed by atoms with E-state index in [-0.39, 0.29) is 5.41 Å². The second-order valence-corrected chi connectivity index (χ2v) is 5.46. The molecule has 0 aromatic carbocycles. The number of fused-ring (bicyclic) bond motifs is 3. The Balaban J connectivity index is 1.90. The number of H-pyrrole nitrogens is 1. The Kier molecular flexibility index (Phi) is 1.64. The molecule has 2 aliphatic carbocycles. The van der Waals surface area contributed by atoms with Crippen molar-refractivity contribution in [1.29, 1.82) is 0 Å². The third kappa shape index (κ3) is 1.16. The Hall–Kier alpha value is -1.65. The first-order valence-electron chi connectivity index (χ1n) is 6.24. The van der Waals surface area contributed by atoms with E-state index in [1.807, 2.05) is 0 Å².